The Bertz CT molecular complexity index is 837. The Hall–Kier alpha value is -2.66. The van der Waals surface area contributed by atoms with Crippen molar-refractivity contribution >= 4 is 11.9 Å². The largest absolute Gasteiger partial charge is 0.467 e. The SMILES string of the molecule is C=C(C#Cc1ccc(C(=O)N[C@H](C(=O)OC)C(C)(C)N)cc1)C1CC(O)(CO)C1. The van der Waals surface area contributed by atoms with Gasteiger partial charge in [-0.05, 0) is 62.4 Å². The van der Waals surface area contributed by atoms with Crippen LogP contribution in [0.25, 0.3) is 0 Å². The Morgan fingerprint density at radius 2 is 1.97 bits per heavy atom. The third kappa shape index (κ3) is 5.67. The van der Waals surface area contributed by atoms with E-state index in [1.807, 2.05) is 0 Å². The molecule has 0 aliphatic heterocycles. The first-order chi connectivity index (χ1) is 13.5. The molecule has 1 aromatic carbocycles. The molecule has 1 aromatic rings. The Labute approximate surface area is 170 Å². The van der Waals surface area contributed by atoms with Gasteiger partial charge in [-0.2, -0.15) is 0 Å². The van der Waals surface area contributed by atoms with Crippen molar-refractivity contribution in [1.29, 1.82) is 0 Å². The normalized spacial score (nSPS) is 21.8. The van der Waals surface area contributed by atoms with E-state index in [9.17, 15) is 14.7 Å². The lowest BCUT2D eigenvalue weighted by atomic mass is 9.68. The van der Waals surface area contributed by atoms with Gasteiger partial charge >= 0.3 is 5.97 Å². The smallest absolute Gasteiger partial charge is 0.330 e. The maximum absolute atomic E-state index is 12.5. The summed E-state index contributed by atoms with van der Waals surface area (Å²) in [6.45, 7) is 6.93. The van der Waals surface area contributed by atoms with E-state index in [1.165, 1.54) is 7.11 Å². The second kappa shape index (κ2) is 8.78. The van der Waals surface area contributed by atoms with Crippen molar-refractivity contribution in [2.75, 3.05) is 13.7 Å². The number of hydrogen-bond acceptors (Lipinski definition) is 6. The van der Waals surface area contributed by atoms with Gasteiger partial charge in [-0.25, -0.2) is 4.79 Å². The molecule has 1 fully saturated rings. The molecule has 0 saturated heterocycles. The quantitative estimate of drug-likeness (QED) is 0.413. The Morgan fingerprint density at radius 3 is 2.45 bits per heavy atom. The van der Waals surface area contributed by atoms with Crippen molar-refractivity contribution in [3.63, 3.8) is 0 Å². The molecule has 29 heavy (non-hydrogen) atoms. The number of ether oxygens (including phenoxy) is 1. The van der Waals surface area contributed by atoms with Crippen LogP contribution in [0.4, 0.5) is 0 Å². The molecule has 1 aliphatic carbocycles. The van der Waals surface area contributed by atoms with Crippen LogP contribution in [0, 0.1) is 17.8 Å². The van der Waals surface area contributed by atoms with Crippen molar-refractivity contribution in [2.24, 2.45) is 11.7 Å². The van der Waals surface area contributed by atoms with Gasteiger partial charge in [0.15, 0.2) is 0 Å². The monoisotopic (exact) mass is 400 g/mol. The molecule has 1 atom stereocenters. The number of nitrogens with two attached hydrogens (primary N) is 1. The molecule has 0 bridgehead atoms. The summed E-state index contributed by atoms with van der Waals surface area (Å²) in [5.74, 6) is 4.96. The highest BCUT2D eigenvalue weighted by Crippen LogP contribution is 2.41. The van der Waals surface area contributed by atoms with Gasteiger partial charge in [0, 0.05) is 16.7 Å². The highest BCUT2D eigenvalue weighted by Gasteiger charge is 2.42. The van der Waals surface area contributed by atoms with Crippen molar-refractivity contribution in [2.45, 2.75) is 43.9 Å². The van der Waals surface area contributed by atoms with Crippen LogP contribution >= 0.6 is 0 Å². The third-order valence-corrected chi connectivity index (χ3v) is 5.01. The molecule has 1 amide bonds. The molecule has 0 aromatic heterocycles. The van der Waals surface area contributed by atoms with E-state index in [0.29, 0.717) is 29.5 Å². The van der Waals surface area contributed by atoms with Gasteiger partial charge in [0.25, 0.3) is 5.91 Å². The van der Waals surface area contributed by atoms with Crippen LogP contribution in [0.3, 0.4) is 0 Å². The van der Waals surface area contributed by atoms with Gasteiger partial charge in [-0.3, -0.25) is 4.79 Å². The molecule has 1 aliphatic rings. The average molecular weight is 400 g/mol. The molecule has 2 rings (SSSR count). The predicted octanol–water partition coefficient (Wildman–Crippen LogP) is 0.736. The lowest BCUT2D eigenvalue weighted by Crippen LogP contribution is -2.59. The maximum atomic E-state index is 12.5. The molecule has 0 spiro atoms. The fourth-order valence-corrected chi connectivity index (χ4v) is 3.07. The molecular weight excluding hydrogens is 372 g/mol. The summed E-state index contributed by atoms with van der Waals surface area (Å²) >= 11 is 0. The van der Waals surface area contributed by atoms with E-state index in [2.05, 4.69) is 23.7 Å². The highest BCUT2D eigenvalue weighted by molar-refractivity contribution is 5.97. The molecule has 7 nitrogen and oxygen atoms in total. The number of benzene rings is 1. The molecular formula is C22H28N2O5. The fourth-order valence-electron chi connectivity index (χ4n) is 3.07. The first-order valence-corrected chi connectivity index (χ1v) is 9.31. The van der Waals surface area contributed by atoms with Gasteiger partial charge in [-0.1, -0.05) is 18.4 Å². The van der Waals surface area contributed by atoms with Crippen molar-refractivity contribution in [3.8, 4) is 11.8 Å². The van der Waals surface area contributed by atoms with Gasteiger partial charge in [0.05, 0.1) is 19.3 Å². The van der Waals surface area contributed by atoms with E-state index in [0.717, 1.165) is 0 Å². The third-order valence-electron chi connectivity index (χ3n) is 5.01. The predicted molar refractivity (Wildman–Crippen MR) is 109 cm³/mol. The zero-order valence-electron chi connectivity index (χ0n) is 17.0. The van der Waals surface area contributed by atoms with Crippen LogP contribution in [0.1, 0.15) is 42.6 Å². The van der Waals surface area contributed by atoms with Crippen LogP contribution in [0.15, 0.2) is 36.4 Å². The number of hydrogen-bond donors (Lipinski definition) is 4. The number of aliphatic hydroxyl groups is 2. The van der Waals surface area contributed by atoms with Crippen LogP contribution in [-0.4, -0.2) is 53.0 Å². The van der Waals surface area contributed by atoms with Crippen LogP contribution in [0.5, 0.6) is 0 Å². The number of nitrogens with one attached hydrogen (secondary N) is 1. The summed E-state index contributed by atoms with van der Waals surface area (Å²) < 4.78 is 4.71. The van der Waals surface area contributed by atoms with E-state index >= 15 is 0 Å². The minimum absolute atomic E-state index is 0.0690. The van der Waals surface area contributed by atoms with Gasteiger partial charge in [0.2, 0.25) is 0 Å². The molecule has 156 valence electrons. The van der Waals surface area contributed by atoms with Crippen LogP contribution in [0.2, 0.25) is 0 Å². The number of carbonyl (C=O) groups excluding carboxylic acids is 2. The van der Waals surface area contributed by atoms with E-state index < -0.39 is 29.1 Å². The summed E-state index contributed by atoms with van der Waals surface area (Å²) in [6, 6.07) is 5.62. The summed E-state index contributed by atoms with van der Waals surface area (Å²) in [4.78, 5) is 24.4. The number of carbonyl (C=O) groups is 2. The highest BCUT2D eigenvalue weighted by atomic mass is 16.5. The number of rotatable bonds is 6. The lowest BCUT2D eigenvalue weighted by molar-refractivity contribution is -0.144. The number of aliphatic hydroxyl groups excluding tert-OH is 1. The second-order valence-electron chi connectivity index (χ2n) is 8.09. The van der Waals surface area contributed by atoms with Crippen molar-refractivity contribution < 1.29 is 24.5 Å². The number of amides is 1. The van der Waals surface area contributed by atoms with Gasteiger partial charge in [-0.15, -0.1) is 0 Å². The summed E-state index contributed by atoms with van der Waals surface area (Å²) in [5.41, 5.74) is 5.73. The average Bonchev–Trinajstić information content (AvgIpc) is 2.66. The molecule has 7 heteroatoms. The second-order valence-corrected chi connectivity index (χ2v) is 8.09. The van der Waals surface area contributed by atoms with Gasteiger partial charge < -0.3 is 26.0 Å². The van der Waals surface area contributed by atoms with Crippen LogP contribution < -0.4 is 11.1 Å². The molecule has 0 heterocycles. The fraction of sp³-hybridized carbons (Fsp3) is 0.455. The van der Waals surface area contributed by atoms with E-state index in [4.69, 9.17) is 15.6 Å². The Kier molecular flexibility index (Phi) is 6.85. The Balaban J connectivity index is 2.01. The zero-order chi connectivity index (χ0) is 21.8. The van der Waals surface area contributed by atoms with Gasteiger partial charge in [0.1, 0.15) is 6.04 Å². The molecule has 1 saturated carbocycles. The maximum Gasteiger partial charge on any atom is 0.330 e. The topological polar surface area (TPSA) is 122 Å². The van der Waals surface area contributed by atoms with Crippen LogP contribution in [-0.2, 0) is 9.53 Å². The first kappa shape index (κ1) is 22.6. The van der Waals surface area contributed by atoms with Crippen molar-refractivity contribution in [3.05, 3.63) is 47.5 Å². The molecule has 0 unspecified atom stereocenters. The zero-order valence-corrected chi connectivity index (χ0v) is 17.0. The van der Waals surface area contributed by atoms with Crippen molar-refractivity contribution in [1.82, 2.24) is 5.32 Å². The summed E-state index contributed by atoms with van der Waals surface area (Å²) in [7, 11) is 1.24. The minimum atomic E-state index is -1.01. The van der Waals surface area contributed by atoms with E-state index in [-0.39, 0.29) is 12.5 Å². The minimum Gasteiger partial charge on any atom is -0.467 e. The summed E-state index contributed by atoms with van der Waals surface area (Å²) in [5, 5.41) is 21.5. The van der Waals surface area contributed by atoms with E-state index in [1.54, 1.807) is 38.1 Å². The standard InChI is InChI=1S/C22H28N2O5/c1-14(17-11-22(28,12-17)13-25)5-6-15-7-9-16(10-8-15)19(26)24-18(20(27)29-4)21(2,3)23/h7-10,17-18,25,28H,1,11-13,23H2,2-4H3,(H,24,26)/t17?,18-,22?/m1/s1. The lowest BCUT2D eigenvalue weighted by Gasteiger charge is -2.42. The molecule has 0 radical (unpaired) electrons. The number of esters is 1. The molecule has 5 N–H and O–H groups in total. The Morgan fingerprint density at radius 1 is 1.38 bits per heavy atom. The summed E-state index contributed by atoms with van der Waals surface area (Å²) in [6.07, 6.45) is 0.907. The first-order valence-electron chi connectivity index (χ1n) is 9.31. The number of allylic oxidation sites excluding steroid dienone is 1. The number of methoxy groups -OCH3 is 1.